The molecule has 100 valence electrons. The maximum atomic E-state index is 11.7. The number of aliphatic hydroxyl groups excluding tert-OH is 1. The summed E-state index contributed by atoms with van der Waals surface area (Å²) in [5.41, 5.74) is 0. The summed E-state index contributed by atoms with van der Waals surface area (Å²) in [6.45, 7) is 2.10. The van der Waals surface area contributed by atoms with Crippen LogP contribution in [0.15, 0.2) is 28.7 Å². The van der Waals surface area contributed by atoms with Crippen molar-refractivity contribution in [3.63, 3.8) is 0 Å². The van der Waals surface area contributed by atoms with E-state index in [0.717, 1.165) is 10.2 Å². The van der Waals surface area contributed by atoms with Crippen LogP contribution in [0, 0.1) is 0 Å². The normalized spacial score (nSPS) is 12.0. The molecule has 1 N–H and O–H groups in total. The highest BCUT2D eigenvalue weighted by Crippen LogP contribution is 2.17. The van der Waals surface area contributed by atoms with Crippen LogP contribution in [0.4, 0.5) is 0 Å². The number of hydrogen-bond acceptors (Lipinski definition) is 3. The summed E-state index contributed by atoms with van der Waals surface area (Å²) in [7, 11) is 1.68. The average Bonchev–Trinajstić information content (AvgIpc) is 2.36. The zero-order chi connectivity index (χ0) is 13.5. The number of likely N-dealkylation sites (N-methyl/N-ethyl adjacent to an activating group) is 1. The van der Waals surface area contributed by atoms with E-state index in [-0.39, 0.29) is 18.6 Å². The van der Waals surface area contributed by atoms with Crippen molar-refractivity contribution in [3.05, 3.63) is 28.7 Å². The molecule has 4 nitrogen and oxygen atoms in total. The standard InChI is InChI=1S/C13H18BrNO3/c1-10(9-16)15(2)13(17)6-7-18-12-5-3-4-11(14)8-12/h3-5,8,10,16H,6-7,9H2,1-2H3. The molecule has 1 atom stereocenters. The molecule has 0 bridgehead atoms. The highest BCUT2D eigenvalue weighted by molar-refractivity contribution is 9.10. The Hall–Kier alpha value is -1.07. The molecular formula is C13H18BrNO3. The molecular weight excluding hydrogens is 298 g/mol. The zero-order valence-electron chi connectivity index (χ0n) is 10.6. The van der Waals surface area contributed by atoms with Crippen molar-refractivity contribution in [2.75, 3.05) is 20.3 Å². The number of aliphatic hydroxyl groups is 1. The van der Waals surface area contributed by atoms with Gasteiger partial charge < -0.3 is 14.7 Å². The number of rotatable bonds is 6. The largest absolute Gasteiger partial charge is 0.493 e. The van der Waals surface area contributed by atoms with Crippen LogP contribution in [0.2, 0.25) is 0 Å². The number of benzene rings is 1. The number of carbonyl (C=O) groups excluding carboxylic acids is 1. The molecule has 0 saturated heterocycles. The van der Waals surface area contributed by atoms with E-state index < -0.39 is 0 Å². The van der Waals surface area contributed by atoms with E-state index in [1.807, 2.05) is 24.3 Å². The summed E-state index contributed by atoms with van der Waals surface area (Å²) < 4.78 is 6.42. The van der Waals surface area contributed by atoms with E-state index in [0.29, 0.717) is 13.0 Å². The van der Waals surface area contributed by atoms with Gasteiger partial charge in [-0.1, -0.05) is 22.0 Å². The molecule has 0 aliphatic rings. The molecule has 0 aliphatic heterocycles. The Kier molecular flexibility index (Phi) is 6.15. The Morgan fingerprint density at radius 2 is 2.28 bits per heavy atom. The van der Waals surface area contributed by atoms with Gasteiger partial charge in [0.05, 0.1) is 25.7 Å². The molecule has 1 rings (SSSR count). The zero-order valence-corrected chi connectivity index (χ0v) is 12.2. The van der Waals surface area contributed by atoms with Gasteiger partial charge in [0.15, 0.2) is 0 Å². The predicted octanol–water partition coefficient (Wildman–Crippen LogP) is 2.06. The highest BCUT2D eigenvalue weighted by atomic mass is 79.9. The Morgan fingerprint density at radius 3 is 2.89 bits per heavy atom. The second-order valence-corrected chi connectivity index (χ2v) is 5.01. The molecule has 0 radical (unpaired) electrons. The summed E-state index contributed by atoms with van der Waals surface area (Å²) in [5.74, 6) is 0.696. The Morgan fingerprint density at radius 1 is 1.56 bits per heavy atom. The van der Waals surface area contributed by atoms with Crippen molar-refractivity contribution in [1.82, 2.24) is 4.90 Å². The van der Waals surface area contributed by atoms with E-state index in [9.17, 15) is 4.79 Å². The van der Waals surface area contributed by atoms with E-state index in [1.54, 1.807) is 14.0 Å². The molecule has 0 fully saturated rings. The van der Waals surface area contributed by atoms with E-state index >= 15 is 0 Å². The fraction of sp³-hybridized carbons (Fsp3) is 0.462. The second-order valence-electron chi connectivity index (χ2n) is 4.09. The first-order chi connectivity index (χ1) is 8.54. The van der Waals surface area contributed by atoms with Crippen LogP contribution in [-0.2, 0) is 4.79 Å². The van der Waals surface area contributed by atoms with Gasteiger partial charge >= 0.3 is 0 Å². The fourth-order valence-corrected chi connectivity index (χ4v) is 1.74. The summed E-state index contributed by atoms with van der Waals surface area (Å²) >= 11 is 3.35. The number of halogens is 1. The molecule has 0 saturated carbocycles. The molecule has 1 amide bonds. The lowest BCUT2D eigenvalue weighted by molar-refractivity contribution is -0.132. The molecule has 1 aromatic rings. The SMILES string of the molecule is CC(CO)N(C)C(=O)CCOc1cccc(Br)c1. The lowest BCUT2D eigenvalue weighted by Gasteiger charge is -2.23. The number of ether oxygens (including phenoxy) is 1. The van der Waals surface area contributed by atoms with Crippen molar-refractivity contribution in [2.45, 2.75) is 19.4 Å². The first kappa shape index (κ1) is 15.0. The van der Waals surface area contributed by atoms with E-state index in [2.05, 4.69) is 15.9 Å². The van der Waals surface area contributed by atoms with Crippen LogP contribution in [0.3, 0.4) is 0 Å². The Bertz CT molecular complexity index is 398. The molecule has 18 heavy (non-hydrogen) atoms. The van der Waals surface area contributed by atoms with E-state index in [1.165, 1.54) is 4.90 Å². The van der Waals surface area contributed by atoms with Gasteiger partial charge in [0, 0.05) is 11.5 Å². The minimum Gasteiger partial charge on any atom is -0.493 e. The quantitative estimate of drug-likeness (QED) is 0.874. The maximum Gasteiger partial charge on any atom is 0.226 e. The summed E-state index contributed by atoms with van der Waals surface area (Å²) in [6, 6.07) is 7.32. The molecule has 1 unspecified atom stereocenters. The first-order valence-electron chi connectivity index (χ1n) is 5.79. The Balaban J connectivity index is 2.36. The molecule has 0 aromatic heterocycles. The molecule has 1 aromatic carbocycles. The third-order valence-electron chi connectivity index (χ3n) is 2.70. The average molecular weight is 316 g/mol. The lowest BCUT2D eigenvalue weighted by Crippen LogP contribution is -2.37. The predicted molar refractivity (Wildman–Crippen MR) is 73.6 cm³/mol. The van der Waals surface area contributed by atoms with Crippen LogP contribution in [0.5, 0.6) is 5.75 Å². The van der Waals surface area contributed by atoms with Gasteiger partial charge in [-0.05, 0) is 25.1 Å². The maximum absolute atomic E-state index is 11.7. The molecule has 0 aliphatic carbocycles. The smallest absolute Gasteiger partial charge is 0.226 e. The Labute approximate surface area is 116 Å². The molecule has 0 heterocycles. The summed E-state index contributed by atoms with van der Waals surface area (Å²) in [6.07, 6.45) is 0.299. The molecule has 0 spiro atoms. The number of hydrogen-bond donors (Lipinski definition) is 1. The van der Waals surface area contributed by atoms with Crippen LogP contribution in [-0.4, -0.2) is 42.2 Å². The van der Waals surface area contributed by atoms with Gasteiger partial charge in [0.1, 0.15) is 5.75 Å². The third-order valence-corrected chi connectivity index (χ3v) is 3.19. The topological polar surface area (TPSA) is 49.8 Å². The second kappa shape index (κ2) is 7.38. The number of nitrogens with zero attached hydrogens (tertiary/aromatic N) is 1. The highest BCUT2D eigenvalue weighted by Gasteiger charge is 2.14. The van der Waals surface area contributed by atoms with Crippen LogP contribution in [0.25, 0.3) is 0 Å². The minimum atomic E-state index is -0.164. The van der Waals surface area contributed by atoms with Gasteiger partial charge in [-0.15, -0.1) is 0 Å². The van der Waals surface area contributed by atoms with Crippen molar-refractivity contribution < 1.29 is 14.6 Å². The minimum absolute atomic E-state index is 0.0330. The number of carbonyl (C=O) groups is 1. The summed E-state index contributed by atoms with van der Waals surface area (Å²) in [5, 5.41) is 8.96. The summed E-state index contributed by atoms with van der Waals surface area (Å²) in [4.78, 5) is 13.3. The van der Waals surface area contributed by atoms with Crippen molar-refractivity contribution in [3.8, 4) is 5.75 Å². The van der Waals surface area contributed by atoms with E-state index in [4.69, 9.17) is 9.84 Å². The lowest BCUT2D eigenvalue weighted by atomic mass is 10.3. The van der Waals surface area contributed by atoms with Gasteiger partial charge in [-0.25, -0.2) is 0 Å². The fourth-order valence-electron chi connectivity index (χ4n) is 1.36. The number of amides is 1. The van der Waals surface area contributed by atoms with Gasteiger partial charge in [-0.3, -0.25) is 4.79 Å². The van der Waals surface area contributed by atoms with Crippen molar-refractivity contribution >= 4 is 21.8 Å². The van der Waals surface area contributed by atoms with Crippen LogP contribution in [0.1, 0.15) is 13.3 Å². The van der Waals surface area contributed by atoms with Crippen molar-refractivity contribution in [2.24, 2.45) is 0 Å². The monoisotopic (exact) mass is 315 g/mol. The van der Waals surface area contributed by atoms with Crippen LogP contribution < -0.4 is 4.74 Å². The van der Waals surface area contributed by atoms with Crippen LogP contribution >= 0.6 is 15.9 Å². The van der Waals surface area contributed by atoms with Gasteiger partial charge in [0.2, 0.25) is 5.91 Å². The van der Waals surface area contributed by atoms with Gasteiger partial charge in [0.25, 0.3) is 0 Å². The van der Waals surface area contributed by atoms with Crippen molar-refractivity contribution in [1.29, 1.82) is 0 Å². The molecule has 5 heteroatoms. The van der Waals surface area contributed by atoms with Gasteiger partial charge in [-0.2, -0.15) is 0 Å². The third kappa shape index (κ3) is 4.66. The first-order valence-corrected chi connectivity index (χ1v) is 6.58.